The molecule has 0 heterocycles. The SMILES string of the molecule is C=C1CC2CCCC(=O)C12. The molecule has 1 heteroatoms. The molecule has 54 valence electrons. The minimum Gasteiger partial charge on any atom is -0.299 e. The molecule has 2 unspecified atom stereocenters. The first-order chi connectivity index (χ1) is 4.79. The second-order valence-electron chi connectivity index (χ2n) is 3.46. The van der Waals surface area contributed by atoms with Crippen LogP contribution in [-0.4, -0.2) is 5.78 Å². The summed E-state index contributed by atoms with van der Waals surface area (Å²) >= 11 is 0. The van der Waals surface area contributed by atoms with Gasteiger partial charge in [-0.3, -0.25) is 4.79 Å². The number of carbonyl (C=O) groups excluding carboxylic acids is 1. The quantitative estimate of drug-likeness (QED) is 0.465. The molecule has 0 aromatic rings. The Bertz CT molecular complexity index is 193. The highest BCUT2D eigenvalue weighted by Crippen LogP contribution is 2.45. The lowest BCUT2D eigenvalue weighted by molar-refractivity contribution is -0.127. The second kappa shape index (κ2) is 1.94. The zero-order valence-corrected chi connectivity index (χ0v) is 6.10. The standard InChI is InChI=1S/C9H12O/c1-6-5-7-3-2-4-8(10)9(6)7/h7,9H,1-5H2. The van der Waals surface area contributed by atoms with Crippen molar-refractivity contribution in [1.82, 2.24) is 0 Å². The molecule has 2 atom stereocenters. The molecular formula is C9H12O. The van der Waals surface area contributed by atoms with E-state index >= 15 is 0 Å². The van der Waals surface area contributed by atoms with Crippen LogP contribution >= 0.6 is 0 Å². The van der Waals surface area contributed by atoms with E-state index in [1.54, 1.807) is 0 Å². The molecule has 0 aliphatic heterocycles. The van der Waals surface area contributed by atoms with Gasteiger partial charge in [-0.05, 0) is 25.2 Å². The smallest absolute Gasteiger partial charge is 0.140 e. The molecule has 0 saturated heterocycles. The first-order valence-corrected chi connectivity index (χ1v) is 3.99. The summed E-state index contributed by atoms with van der Waals surface area (Å²) in [7, 11) is 0. The average molecular weight is 136 g/mol. The number of hydrogen-bond acceptors (Lipinski definition) is 1. The van der Waals surface area contributed by atoms with E-state index in [4.69, 9.17) is 0 Å². The molecule has 2 fully saturated rings. The number of carbonyl (C=O) groups is 1. The summed E-state index contributed by atoms with van der Waals surface area (Å²) in [5, 5.41) is 0. The predicted octanol–water partition coefficient (Wildman–Crippen LogP) is 1.93. The minimum absolute atomic E-state index is 0.286. The molecule has 2 saturated carbocycles. The van der Waals surface area contributed by atoms with Gasteiger partial charge in [-0.1, -0.05) is 12.2 Å². The number of rotatable bonds is 0. The Morgan fingerprint density at radius 2 is 2.30 bits per heavy atom. The lowest BCUT2D eigenvalue weighted by Gasteiger charge is -2.41. The molecule has 0 aromatic heterocycles. The molecular weight excluding hydrogens is 124 g/mol. The zero-order chi connectivity index (χ0) is 7.14. The van der Waals surface area contributed by atoms with Gasteiger partial charge in [0.25, 0.3) is 0 Å². The monoisotopic (exact) mass is 136 g/mol. The van der Waals surface area contributed by atoms with Crippen LogP contribution in [-0.2, 0) is 4.79 Å². The van der Waals surface area contributed by atoms with Crippen LogP contribution in [0.2, 0.25) is 0 Å². The highest BCUT2D eigenvalue weighted by Gasteiger charge is 2.41. The summed E-state index contributed by atoms with van der Waals surface area (Å²) in [6.45, 7) is 3.87. The van der Waals surface area contributed by atoms with E-state index < -0.39 is 0 Å². The first-order valence-electron chi connectivity index (χ1n) is 3.99. The van der Waals surface area contributed by atoms with Gasteiger partial charge in [0.1, 0.15) is 5.78 Å². The first kappa shape index (κ1) is 6.14. The van der Waals surface area contributed by atoms with Crippen LogP contribution in [0.3, 0.4) is 0 Å². The lowest BCUT2D eigenvalue weighted by Crippen LogP contribution is -2.38. The zero-order valence-electron chi connectivity index (χ0n) is 6.10. The lowest BCUT2D eigenvalue weighted by atomic mass is 9.62. The van der Waals surface area contributed by atoms with Gasteiger partial charge in [-0.25, -0.2) is 0 Å². The van der Waals surface area contributed by atoms with Crippen molar-refractivity contribution in [2.75, 3.05) is 0 Å². The Labute approximate surface area is 61.1 Å². The van der Waals surface area contributed by atoms with Gasteiger partial charge in [0, 0.05) is 12.3 Å². The van der Waals surface area contributed by atoms with Gasteiger partial charge >= 0.3 is 0 Å². The Hall–Kier alpha value is -0.590. The van der Waals surface area contributed by atoms with E-state index in [1.807, 2.05) is 0 Å². The molecule has 0 spiro atoms. The number of ketones is 1. The number of hydrogen-bond donors (Lipinski definition) is 0. The van der Waals surface area contributed by atoms with Gasteiger partial charge in [0.2, 0.25) is 0 Å². The topological polar surface area (TPSA) is 17.1 Å². The van der Waals surface area contributed by atoms with Crippen molar-refractivity contribution in [3.63, 3.8) is 0 Å². The second-order valence-corrected chi connectivity index (χ2v) is 3.46. The van der Waals surface area contributed by atoms with E-state index in [0.29, 0.717) is 11.7 Å². The maximum atomic E-state index is 11.2. The van der Waals surface area contributed by atoms with Crippen molar-refractivity contribution in [3.05, 3.63) is 12.2 Å². The molecule has 2 aliphatic carbocycles. The molecule has 0 bridgehead atoms. The Kier molecular flexibility index (Phi) is 1.19. The molecule has 1 nitrogen and oxygen atoms in total. The Balaban J connectivity index is 2.15. The molecule has 2 rings (SSSR count). The van der Waals surface area contributed by atoms with E-state index in [-0.39, 0.29) is 5.92 Å². The third kappa shape index (κ3) is 0.664. The van der Waals surface area contributed by atoms with Gasteiger partial charge in [-0.15, -0.1) is 0 Å². The highest BCUT2D eigenvalue weighted by atomic mass is 16.1. The van der Waals surface area contributed by atoms with E-state index in [0.717, 1.165) is 19.3 Å². The van der Waals surface area contributed by atoms with Gasteiger partial charge in [0.15, 0.2) is 0 Å². The summed E-state index contributed by atoms with van der Waals surface area (Å²) < 4.78 is 0. The van der Waals surface area contributed by atoms with Gasteiger partial charge < -0.3 is 0 Å². The van der Waals surface area contributed by atoms with Crippen molar-refractivity contribution in [2.45, 2.75) is 25.7 Å². The van der Waals surface area contributed by atoms with E-state index in [9.17, 15) is 4.79 Å². The summed E-state index contributed by atoms with van der Waals surface area (Å²) in [5.74, 6) is 1.43. The normalized spacial score (nSPS) is 38.8. The third-order valence-electron chi connectivity index (χ3n) is 2.78. The third-order valence-corrected chi connectivity index (χ3v) is 2.78. The van der Waals surface area contributed by atoms with Crippen molar-refractivity contribution < 1.29 is 4.79 Å². The van der Waals surface area contributed by atoms with Crippen LogP contribution < -0.4 is 0 Å². The van der Waals surface area contributed by atoms with E-state index in [2.05, 4.69) is 6.58 Å². The molecule has 0 N–H and O–H groups in total. The van der Waals surface area contributed by atoms with Crippen molar-refractivity contribution in [1.29, 1.82) is 0 Å². The van der Waals surface area contributed by atoms with Gasteiger partial charge in [-0.2, -0.15) is 0 Å². The fourth-order valence-corrected chi connectivity index (χ4v) is 2.21. The Morgan fingerprint density at radius 3 is 2.80 bits per heavy atom. The summed E-state index contributed by atoms with van der Waals surface area (Å²) in [5.41, 5.74) is 1.19. The van der Waals surface area contributed by atoms with Crippen LogP contribution in [0.4, 0.5) is 0 Å². The van der Waals surface area contributed by atoms with Crippen LogP contribution in [0, 0.1) is 11.8 Å². The Morgan fingerprint density at radius 1 is 1.50 bits per heavy atom. The molecule has 0 amide bonds. The molecule has 10 heavy (non-hydrogen) atoms. The fourth-order valence-electron chi connectivity index (χ4n) is 2.21. The average Bonchev–Trinajstić information content (AvgIpc) is 1.85. The maximum absolute atomic E-state index is 11.2. The van der Waals surface area contributed by atoms with Crippen LogP contribution in [0.15, 0.2) is 12.2 Å². The molecule has 0 radical (unpaired) electrons. The van der Waals surface area contributed by atoms with Crippen LogP contribution in [0.1, 0.15) is 25.7 Å². The predicted molar refractivity (Wildman–Crippen MR) is 39.6 cm³/mol. The van der Waals surface area contributed by atoms with E-state index in [1.165, 1.54) is 12.0 Å². The van der Waals surface area contributed by atoms with Crippen molar-refractivity contribution in [2.24, 2.45) is 11.8 Å². The largest absolute Gasteiger partial charge is 0.299 e. The van der Waals surface area contributed by atoms with Crippen molar-refractivity contribution >= 4 is 5.78 Å². The van der Waals surface area contributed by atoms with Crippen LogP contribution in [0.25, 0.3) is 0 Å². The maximum Gasteiger partial charge on any atom is 0.140 e. The van der Waals surface area contributed by atoms with Gasteiger partial charge in [0.05, 0.1) is 0 Å². The number of fused-ring (bicyclic) bond motifs is 1. The minimum atomic E-state index is 0.286. The van der Waals surface area contributed by atoms with Crippen LogP contribution in [0.5, 0.6) is 0 Å². The molecule has 2 aliphatic rings. The summed E-state index contributed by atoms with van der Waals surface area (Å²) in [6, 6.07) is 0. The summed E-state index contributed by atoms with van der Waals surface area (Å²) in [4.78, 5) is 11.2. The van der Waals surface area contributed by atoms with Crippen molar-refractivity contribution in [3.8, 4) is 0 Å². The number of Topliss-reactive ketones (excluding diaryl/α,β-unsaturated/α-hetero) is 1. The highest BCUT2D eigenvalue weighted by molar-refractivity contribution is 5.86. The molecule has 0 aromatic carbocycles. The summed E-state index contributed by atoms with van der Waals surface area (Å²) in [6.07, 6.45) is 4.30. The number of allylic oxidation sites excluding steroid dienone is 1. The fraction of sp³-hybridized carbons (Fsp3) is 0.667.